The molecule has 3 heterocycles. The lowest BCUT2D eigenvalue weighted by atomic mass is 10.1. The fraction of sp³-hybridized carbons (Fsp3) is 0.333. The number of fused-ring (bicyclic) bond motifs is 1. The van der Waals surface area contributed by atoms with E-state index < -0.39 is 8.07 Å². The van der Waals surface area contributed by atoms with Crippen molar-refractivity contribution in [3.63, 3.8) is 0 Å². The van der Waals surface area contributed by atoms with Crippen LogP contribution in [0.1, 0.15) is 0 Å². The molecule has 0 unspecified atom stereocenters. The van der Waals surface area contributed by atoms with Crippen LogP contribution in [-0.4, -0.2) is 29.2 Å². The molecular formula is C18H22ClN3OSi. The second-order valence-electron chi connectivity index (χ2n) is 7.07. The zero-order valence-corrected chi connectivity index (χ0v) is 16.0. The third-order valence-corrected chi connectivity index (χ3v) is 5.89. The Balaban J connectivity index is 1.91. The lowest BCUT2D eigenvalue weighted by Crippen LogP contribution is -2.22. The minimum atomic E-state index is -1.09. The van der Waals surface area contributed by atoms with Crippen LogP contribution in [0.25, 0.3) is 22.3 Å². The predicted octanol–water partition coefficient (Wildman–Crippen LogP) is 5.06. The first kappa shape index (κ1) is 17.1. The van der Waals surface area contributed by atoms with Gasteiger partial charge in [0.2, 0.25) is 0 Å². The number of nitrogens with zero attached hydrogens (tertiary/aromatic N) is 3. The van der Waals surface area contributed by atoms with E-state index in [0.717, 1.165) is 34.9 Å². The van der Waals surface area contributed by atoms with Crippen LogP contribution in [0.4, 0.5) is 0 Å². The summed E-state index contributed by atoms with van der Waals surface area (Å²) in [6.45, 7) is 8.29. The lowest BCUT2D eigenvalue weighted by molar-refractivity contribution is 0.0899. The van der Waals surface area contributed by atoms with Crippen LogP contribution in [0.2, 0.25) is 30.7 Å². The smallest absolute Gasteiger partial charge is 0.143 e. The number of hydrogen-bond acceptors (Lipinski definition) is 3. The molecule has 0 aliphatic heterocycles. The van der Waals surface area contributed by atoms with Crippen LogP contribution in [0.5, 0.6) is 0 Å². The molecule has 126 valence electrons. The summed E-state index contributed by atoms with van der Waals surface area (Å²) in [4.78, 5) is 8.94. The molecular weight excluding hydrogens is 338 g/mol. The minimum absolute atomic E-state index is 0.473. The summed E-state index contributed by atoms with van der Waals surface area (Å²) in [5.74, 6) is 0. The highest BCUT2D eigenvalue weighted by Crippen LogP contribution is 2.33. The standard InChI is InChI=1S/C18H22ClN3OSi/c1-24(2,3)11-10-23-13-22-12-14(16-6-4-5-8-20-16)17-15(19)7-9-21-18(17)22/h4-9,12H,10-11,13H2,1-3H3. The maximum atomic E-state index is 6.43. The molecule has 0 aliphatic rings. The fourth-order valence-corrected chi connectivity index (χ4v) is 3.53. The summed E-state index contributed by atoms with van der Waals surface area (Å²) in [5.41, 5.74) is 2.70. The van der Waals surface area contributed by atoms with Crippen molar-refractivity contribution in [2.24, 2.45) is 0 Å². The third kappa shape index (κ3) is 3.86. The molecule has 0 aliphatic carbocycles. The Labute approximate surface area is 148 Å². The van der Waals surface area contributed by atoms with E-state index in [-0.39, 0.29) is 0 Å². The van der Waals surface area contributed by atoms with Crippen LogP contribution in [-0.2, 0) is 11.5 Å². The highest BCUT2D eigenvalue weighted by molar-refractivity contribution is 6.76. The second-order valence-corrected chi connectivity index (χ2v) is 13.1. The number of rotatable bonds is 6. The molecule has 0 saturated carbocycles. The number of halogens is 1. The molecule has 0 N–H and O–H groups in total. The van der Waals surface area contributed by atoms with E-state index >= 15 is 0 Å². The molecule has 0 atom stereocenters. The van der Waals surface area contributed by atoms with Crippen molar-refractivity contribution in [1.82, 2.24) is 14.5 Å². The fourth-order valence-electron chi connectivity index (χ4n) is 2.53. The Morgan fingerprint density at radius 3 is 2.67 bits per heavy atom. The molecule has 0 amide bonds. The molecule has 3 aromatic heterocycles. The van der Waals surface area contributed by atoms with E-state index in [1.54, 1.807) is 12.4 Å². The number of hydrogen-bond donors (Lipinski definition) is 0. The molecule has 0 saturated heterocycles. The van der Waals surface area contributed by atoms with Gasteiger partial charge in [0.05, 0.1) is 10.7 Å². The Morgan fingerprint density at radius 2 is 1.96 bits per heavy atom. The van der Waals surface area contributed by atoms with Crippen LogP contribution in [0, 0.1) is 0 Å². The van der Waals surface area contributed by atoms with Gasteiger partial charge >= 0.3 is 0 Å². The molecule has 0 aromatic carbocycles. The number of aromatic nitrogens is 3. The highest BCUT2D eigenvalue weighted by atomic mass is 35.5. The van der Waals surface area contributed by atoms with Crippen molar-refractivity contribution >= 4 is 30.7 Å². The first-order chi connectivity index (χ1) is 11.5. The van der Waals surface area contributed by atoms with Gasteiger partial charge < -0.3 is 9.30 Å². The van der Waals surface area contributed by atoms with Gasteiger partial charge in [0, 0.05) is 44.2 Å². The molecule has 3 aromatic rings. The normalized spacial score (nSPS) is 12.0. The average molecular weight is 360 g/mol. The Bertz CT molecular complexity index is 827. The maximum Gasteiger partial charge on any atom is 0.143 e. The van der Waals surface area contributed by atoms with Gasteiger partial charge in [-0.3, -0.25) is 4.98 Å². The Kier molecular flexibility index (Phi) is 5.03. The minimum Gasteiger partial charge on any atom is -0.361 e. The van der Waals surface area contributed by atoms with E-state index in [2.05, 4.69) is 29.6 Å². The second kappa shape index (κ2) is 7.05. The predicted molar refractivity (Wildman–Crippen MR) is 102 cm³/mol. The Morgan fingerprint density at radius 1 is 1.12 bits per heavy atom. The average Bonchev–Trinajstić information content (AvgIpc) is 2.92. The quantitative estimate of drug-likeness (QED) is 0.456. The third-order valence-electron chi connectivity index (χ3n) is 3.87. The van der Waals surface area contributed by atoms with Crippen molar-refractivity contribution in [2.75, 3.05) is 6.61 Å². The molecule has 3 rings (SSSR count). The van der Waals surface area contributed by atoms with E-state index in [4.69, 9.17) is 16.3 Å². The summed E-state index contributed by atoms with van der Waals surface area (Å²) >= 11 is 6.43. The van der Waals surface area contributed by atoms with Gasteiger partial charge in [0.25, 0.3) is 0 Å². The van der Waals surface area contributed by atoms with E-state index in [0.29, 0.717) is 11.8 Å². The van der Waals surface area contributed by atoms with Crippen molar-refractivity contribution in [3.05, 3.63) is 47.9 Å². The number of pyridine rings is 2. The summed E-state index contributed by atoms with van der Waals surface area (Å²) in [5, 5.41) is 1.60. The molecule has 0 bridgehead atoms. The van der Waals surface area contributed by atoms with Crippen molar-refractivity contribution in [2.45, 2.75) is 32.4 Å². The van der Waals surface area contributed by atoms with E-state index in [9.17, 15) is 0 Å². The van der Waals surface area contributed by atoms with Crippen LogP contribution in [0.3, 0.4) is 0 Å². The van der Waals surface area contributed by atoms with Gasteiger partial charge in [-0.2, -0.15) is 0 Å². The monoisotopic (exact) mass is 359 g/mol. The van der Waals surface area contributed by atoms with Gasteiger partial charge in [0.1, 0.15) is 12.4 Å². The first-order valence-electron chi connectivity index (χ1n) is 8.08. The highest BCUT2D eigenvalue weighted by Gasteiger charge is 2.16. The van der Waals surface area contributed by atoms with Crippen LogP contribution < -0.4 is 0 Å². The SMILES string of the molecule is C[Si](C)(C)CCOCn1cc(-c2ccccn2)c2c(Cl)ccnc21. The van der Waals surface area contributed by atoms with E-state index in [1.165, 1.54) is 0 Å². The largest absolute Gasteiger partial charge is 0.361 e. The Hall–Kier alpha value is -1.69. The zero-order chi connectivity index (χ0) is 17.2. The van der Waals surface area contributed by atoms with E-state index in [1.807, 2.05) is 35.0 Å². The van der Waals surface area contributed by atoms with Gasteiger partial charge in [-0.25, -0.2) is 4.98 Å². The summed E-state index contributed by atoms with van der Waals surface area (Å²) in [6.07, 6.45) is 5.54. The van der Waals surface area contributed by atoms with Gasteiger partial charge in [0.15, 0.2) is 0 Å². The topological polar surface area (TPSA) is 39.9 Å². The molecule has 0 radical (unpaired) electrons. The number of ether oxygens (including phenoxy) is 1. The van der Waals surface area contributed by atoms with Gasteiger partial charge in [-0.15, -0.1) is 0 Å². The van der Waals surface area contributed by atoms with Crippen molar-refractivity contribution in [1.29, 1.82) is 0 Å². The zero-order valence-electron chi connectivity index (χ0n) is 14.3. The van der Waals surface area contributed by atoms with Crippen LogP contribution in [0.15, 0.2) is 42.9 Å². The first-order valence-corrected chi connectivity index (χ1v) is 12.2. The molecule has 6 heteroatoms. The molecule has 24 heavy (non-hydrogen) atoms. The maximum absolute atomic E-state index is 6.43. The lowest BCUT2D eigenvalue weighted by Gasteiger charge is -2.15. The molecule has 4 nitrogen and oxygen atoms in total. The summed E-state index contributed by atoms with van der Waals surface area (Å²) in [6, 6.07) is 8.82. The van der Waals surface area contributed by atoms with Crippen molar-refractivity contribution in [3.8, 4) is 11.3 Å². The summed E-state index contributed by atoms with van der Waals surface area (Å²) in [7, 11) is -1.09. The van der Waals surface area contributed by atoms with Crippen molar-refractivity contribution < 1.29 is 4.74 Å². The molecule has 0 spiro atoms. The van der Waals surface area contributed by atoms with Gasteiger partial charge in [-0.05, 0) is 24.2 Å². The van der Waals surface area contributed by atoms with Gasteiger partial charge in [-0.1, -0.05) is 37.3 Å². The molecule has 0 fully saturated rings. The van der Waals surface area contributed by atoms with Crippen LogP contribution >= 0.6 is 11.6 Å². The summed E-state index contributed by atoms with van der Waals surface area (Å²) < 4.78 is 7.90.